The molecule has 4 rings (SSSR count). The first-order valence-electron chi connectivity index (χ1n) is 10.2. The number of hydrogen-bond donors (Lipinski definition) is 1. The third kappa shape index (κ3) is 4.95. The Hall–Kier alpha value is -3.69. The van der Waals surface area contributed by atoms with Crippen LogP contribution in [0.4, 0.5) is 11.4 Å². The number of halogens is 1. The Kier molecular flexibility index (Phi) is 6.67. The van der Waals surface area contributed by atoms with Gasteiger partial charge in [-0.25, -0.2) is 4.98 Å². The van der Waals surface area contributed by atoms with Gasteiger partial charge in [-0.1, -0.05) is 41.6 Å². The topological polar surface area (TPSA) is 107 Å². The number of carbonyl (C=O) groups excluding carboxylic acids is 1. The molecule has 1 N–H and O–H groups in total. The van der Waals surface area contributed by atoms with E-state index < -0.39 is 10.8 Å². The van der Waals surface area contributed by atoms with Crippen molar-refractivity contribution in [3.8, 4) is 5.69 Å². The number of nitro groups is 1. The monoisotopic (exact) mass is 494 g/mol. The Morgan fingerprint density at radius 3 is 2.53 bits per heavy atom. The summed E-state index contributed by atoms with van der Waals surface area (Å²) in [5, 5.41) is 14.6. The zero-order chi connectivity index (χ0) is 24.4. The lowest BCUT2D eigenvalue weighted by atomic mass is 10.1. The molecule has 10 heteroatoms. The lowest BCUT2D eigenvalue weighted by molar-refractivity contribution is -0.384. The van der Waals surface area contributed by atoms with Crippen LogP contribution in [-0.4, -0.2) is 26.1 Å². The van der Waals surface area contributed by atoms with Crippen molar-refractivity contribution in [3.05, 3.63) is 97.3 Å². The van der Waals surface area contributed by atoms with Gasteiger partial charge in [-0.2, -0.15) is 0 Å². The number of thioether (sulfide) groups is 1. The maximum absolute atomic E-state index is 13.4. The molecule has 0 fully saturated rings. The quantitative estimate of drug-likeness (QED) is 0.169. The summed E-state index contributed by atoms with van der Waals surface area (Å²) in [4.78, 5) is 41.1. The Balaban J connectivity index is 1.68. The summed E-state index contributed by atoms with van der Waals surface area (Å²) in [6.07, 6.45) is 0. The third-order valence-corrected chi connectivity index (χ3v) is 6.24. The molecule has 172 valence electrons. The van der Waals surface area contributed by atoms with Gasteiger partial charge in [0.15, 0.2) is 5.16 Å². The molecule has 0 atom stereocenters. The first-order chi connectivity index (χ1) is 16.2. The minimum Gasteiger partial charge on any atom is -0.324 e. The number of nitro benzene ring substituents is 1. The van der Waals surface area contributed by atoms with E-state index in [1.807, 2.05) is 32.0 Å². The number of non-ortho nitro benzene ring substituents is 1. The Bertz CT molecular complexity index is 1480. The molecule has 0 saturated carbocycles. The van der Waals surface area contributed by atoms with Gasteiger partial charge in [0, 0.05) is 12.1 Å². The largest absolute Gasteiger partial charge is 0.324 e. The number of rotatable bonds is 6. The molecule has 0 saturated heterocycles. The lowest BCUT2D eigenvalue weighted by Crippen LogP contribution is -2.23. The van der Waals surface area contributed by atoms with Gasteiger partial charge < -0.3 is 5.32 Å². The van der Waals surface area contributed by atoms with Crippen LogP contribution in [0.1, 0.15) is 11.1 Å². The fourth-order valence-corrected chi connectivity index (χ4v) is 4.53. The van der Waals surface area contributed by atoms with Crippen LogP contribution in [0.2, 0.25) is 5.02 Å². The van der Waals surface area contributed by atoms with E-state index in [1.54, 1.807) is 24.3 Å². The van der Waals surface area contributed by atoms with Crippen LogP contribution in [0, 0.1) is 24.0 Å². The second-order valence-electron chi connectivity index (χ2n) is 7.66. The molecule has 1 heterocycles. The second-order valence-corrected chi connectivity index (χ2v) is 9.01. The van der Waals surface area contributed by atoms with Crippen LogP contribution in [0.25, 0.3) is 16.6 Å². The first kappa shape index (κ1) is 23.5. The SMILES string of the molecule is Cc1cc(C)cc(-n2c(SCC(=O)Nc3cc([N+](=O)[O-])ccc3Cl)nc3ccccc3c2=O)c1. The summed E-state index contributed by atoms with van der Waals surface area (Å²) in [7, 11) is 0. The zero-order valence-electron chi connectivity index (χ0n) is 18.2. The zero-order valence-corrected chi connectivity index (χ0v) is 19.8. The number of anilines is 1. The average molecular weight is 495 g/mol. The minimum absolute atomic E-state index is 0.0887. The van der Waals surface area contributed by atoms with Crippen LogP contribution in [-0.2, 0) is 4.79 Å². The number of hydrogen-bond acceptors (Lipinski definition) is 6. The number of nitrogens with one attached hydrogen (secondary N) is 1. The van der Waals surface area contributed by atoms with Gasteiger partial charge in [0.05, 0.1) is 38.0 Å². The molecule has 34 heavy (non-hydrogen) atoms. The molecule has 3 aromatic carbocycles. The molecule has 1 aromatic heterocycles. The highest BCUT2D eigenvalue weighted by molar-refractivity contribution is 7.99. The molecule has 4 aromatic rings. The summed E-state index contributed by atoms with van der Waals surface area (Å²) < 4.78 is 1.50. The maximum atomic E-state index is 13.4. The van der Waals surface area contributed by atoms with Gasteiger partial charge in [0.2, 0.25) is 5.91 Å². The number of benzene rings is 3. The van der Waals surface area contributed by atoms with E-state index in [4.69, 9.17) is 11.6 Å². The predicted octanol–water partition coefficient (Wildman–Crippen LogP) is 5.29. The van der Waals surface area contributed by atoms with E-state index in [2.05, 4.69) is 10.3 Å². The fourth-order valence-electron chi connectivity index (χ4n) is 3.56. The third-order valence-electron chi connectivity index (χ3n) is 4.98. The normalized spacial score (nSPS) is 10.9. The van der Waals surface area contributed by atoms with Gasteiger partial charge in [0.25, 0.3) is 11.2 Å². The van der Waals surface area contributed by atoms with E-state index >= 15 is 0 Å². The summed E-state index contributed by atoms with van der Waals surface area (Å²) in [6, 6.07) is 16.6. The molecule has 0 spiro atoms. The molecule has 0 radical (unpaired) electrons. The molecule has 0 bridgehead atoms. The molecule has 0 aliphatic rings. The number of fused-ring (bicyclic) bond motifs is 1. The van der Waals surface area contributed by atoms with Gasteiger partial charge in [-0.3, -0.25) is 24.3 Å². The van der Waals surface area contributed by atoms with Crippen LogP contribution in [0.15, 0.2) is 70.6 Å². The molecule has 8 nitrogen and oxygen atoms in total. The van der Waals surface area contributed by atoms with Crippen molar-refractivity contribution in [2.75, 3.05) is 11.1 Å². The number of aromatic nitrogens is 2. The van der Waals surface area contributed by atoms with Crippen molar-refractivity contribution in [3.63, 3.8) is 0 Å². The average Bonchev–Trinajstić information content (AvgIpc) is 2.78. The molecule has 0 aliphatic heterocycles. The fraction of sp³-hybridized carbons (Fsp3) is 0.125. The summed E-state index contributed by atoms with van der Waals surface area (Å²) in [5.74, 6) is -0.531. The lowest BCUT2D eigenvalue weighted by Gasteiger charge is -2.14. The molecular formula is C24H19ClN4O4S. The Labute approximate surface area is 203 Å². The standard InChI is InChI=1S/C24H19ClN4O4S/c1-14-9-15(2)11-17(10-14)28-23(31)18-5-3-4-6-20(18)27-24(28)34-13-22(30)26-21-12-16(29(32)33)7-8-19(21)25/h3-12H,13H2,1-2H3,(H,26,30). The van der Waals surface area contributed by atoms with Gasteiger partial charge in [-0.15, -0.1) is 0 Å². The van der Waals surface area contributed by atoms with Crippen molar-refractivity contribution in [2.45, 2.75) is 19.0 Å². The molecule has 0 unspecified atom stereocenters. The number of para-hydroxylation sites is 1. The van der Waals surface area contributed by atoms with Gasteiger partial charge in [0.1, 0.15) is 0 Å². The Morgan fingerprint density at radius 2 is 1.82 bits per heavy atom. The number of nitrogens with zero attached hydrogens (tertiary/aromatic N) is 3. The van der Waals surface area contributed by atoms with Crippen molar-refractivity contribution in [2.24, 2.45) is 0 Å². The molecular weight excluding hydrogens is 476 g/mol. The van der Waals surface area contributed by atoms with Crippen molar-refractivity contribution in [1.29, 1.82) is 0 Å². The van der Waals surface area contributed by atoms with Crippen molar-refractivity contribution in [1.82, 2.24) is 9.55 Å². The number of aryl methyl sites for hydroxylation is 2. The molecule has 1 amide bonds. The van der Waals surface area contributed by atoms with Gasteiger partial charge in [-0.05, 0) is 55.3 Å². The summed E-state index contributed by atoms with van der Waals surface area (Å²) >= 11 is 7.17. The maximum Gasteiger partial charge on any atom is 0.271 e. The van der Waals surface area contributed by atoms with Crippen LogP contribution in [0.5, 0.6) is 0 Å². The van der Waals surface area contributed by atoms with Crippen molar-refractivity contribution < 1.29 is 9.72 Å². The number of carbonyl (C=O) groups is 1. The smallest absolute Gasteiger partial charge is 0.271 e. The Morgan fingerprint density at radius 1 is 1.12 bits per heavy atom. The van der Waals surface area contributed by atoms with E-state index in [9.17, 15) is 19.7 Å². The van der Waals surface area contributed by atoms with Crippen LogP contribution < -0.4 is 10.9 Å². The minimum atomic E-state index is -0.567. The second kappa shape index (κ2) is 9.66. The van der Waals surface area contributed by atoms with Crippen molar-refractivity contribution >= 4 is 51.5 Å². The van der Waals surface area contributed by atoms with E-state index in [0.717, 1.165) is 22.9 Å². The van der Waals surface area contributed by atoms with E-state index in [0.29, 0.717) is 21.7 Å². The highest BCUT2D eigenvalue weighted by atomic mass is 35.5. The van der Waals surface area contributed by atoms with Gasteiger partial charge >= 0.3 is 0 Å². The number of amides is 1. The summed E-state index contributed by atoms with van der Waals surface area (Å²) in [6.45, 7) is 3.89. The summed E-state index contributed by atoms with van der Waals surface area (Å²) in [5.41, 5.74) is 2.88. The predicted molar refractivity (Wildman–Crippen MR) is 134 cm³/mol. The molecule has 0 aliphatic carbocycles. The highest BCUT2D eigenvalue weighted by Crippen LogP contribution is 2.28. The first-order valence-corrected chi connectivity index (χ1v) is 11.6. The van der Waals surface area contributed by atoms with Crippen LogP contribution >= 0.6 is 23.4 Å². The van der Waals surface area contributed by atoms with E-state index in [-0.39, 0.29) is 27.7 Å². The highest BCUT2D eigenvalue weighted by Gasteiger charge is 2.17. The van der Waals surface area contributed by atoms with Crippen LogP contribution in [0.3, 0.4) is 0 Å². The van der Waals surface area contributed by atoms with E-state index in [1.165, 1.54) is 22.8 Å².